The smallest absolute Gasteiger partial charge is 0.168 e. The highest BCUT2D eigenvalue weighted by molar-refractivity contribution is 4.85. The zero-order valence-electron chi connectivity index (χ0n) is 9.14. The molecular weight excluding hydrogens is 164 g/mol. The van der Waals surface area contributed by atoms with Gasteiger partial charge in [-0.25, -0.2) is 0 Å². The third kappa shape index (κ3) is 2.44. The molecule has 2 nitrogen and oxygen atoms in total. The van der Waals surface area contributed by atoms with Crippen molar-refractivity contribution in [2.24, 2.45) is 5.92 Å². The van der Waals surface area contributed by atoms with E-state index in [9.17, 15) is 0 Å². The summed E-state index contributed by atoms with van der Waals surface area (Å²) in [5, 5.41) is 0. The summed E-state index contributed by atoms with van der Waals surface area (Å²) in [7, 11) is 0. The van der Waals surface area contributed by atoms with E-state index < -0.39 is 0 Å². The molecule has 1 spiro atoms. The van der Waals surface area contributed by atoms with Crippen LogP contribution in [0.1, 0.15) is 46.5 Å². The number of hydrogen-bond donors (Lipinski definition) is 0. The van der Waals surface area contributed by atoms with E-state index in [0.717, 1.165) is 32.0 Å². The molecule has 2 heteroatoms. The first-order valence-electron chi connectivity index (χ1n) is 5.62. The monoisotopic (exact) mass is 186 g/mol. The van der Waals surface area contributed by atoms with E-state index in [1.165, 1.54) is 12.8 Å². The Bertz CT molecular complexity index is 139. The van der Waals surface area contributed by atoms with Gasteiger partial charge in [0.25, 0.3) is 0 Å². The Kier molecular flexibility index (Phi) is 4.20. The maximum Gasteiger partial charge on any atom is 0.168 e. The molecule has 2 fully saturated rings. The molecule has 0 N–H and O–H groups in total. The Morgan fingerprint density at radius 2 is 1.85 bits per heavy atom. The van der Waals surface area contributed by atoms with E-state index in [1.54, 1.807) is 0 Å². The summed E-state index contributed by atoms with van der Waals surface area (Å²) in [4.78, 5) is 0. The summed E-state index contributed by atoms with van der Waals surface area (Å²) in [6, 6.07) is 0. The van der Waals surface area contributed by atoms with Crippen molar-refractivity contribution < 1.29 is 9.47 Å². The van der Waals surface area contributed by atoms with Crippen molar-refractivity contribution in [1.82, 2.24) is 0 Å². The third-order valence-electron chi connectivity index (χ3n) is 2.92. The van der Waals surface area contributed by atoms with Crippen LogP contribution in [0.4, 0.5) is 0 Å². The van der Waals surface area contributed by atoms with E-state index in [-0.39, 0.29) is 5.79 Å². The second-order valence-corrected chi connectivity index (χ2v) is 3.62. The van der Waals surface area contributed by atoms with Gasteiger partial charge >= 0.3 is 0 Å². The van der Waals surface area contributed by atoms with Crippen molar-refractivity contribution in [3.05, 3.63) is 0 Å². The predicted octanol–water partition coefficient (Wildman–Crippen LogP) is 2.97. The molecule has 0 radical (unpaired) electrons. The summed E-state index contributed by atoms with van der Waals surface area (Å²) in [6.07, 6.45) is 4.81. The van der Waals surface area contributed by atoms with Crippen molar-refractivity contribution in [2.45, 2.75) is 52.2 Å². The van der Waals surface area contributed by atoms with Gasteiger partial charge in [0.2, 0.25) is 0 Å². The number of rotatable bonds is 1. The molecule has 0 amide bonds. The third-order valence-corrected chi connectivity index (χ3v) is 2.92. The lowest BCUT2D eigenvalue weighted by atomic mass is 10.1. The van der Waals surface area contributed by atoms with Crippen LogP contribution in [0.5, 0.6) is 0 Å². The maximum absolute atomic E-state index is 5.61. The molecule has 2 aliphatic rings. The highest BCUT2D eigenvalue weighted by Crippen LogP contribution is 2.41. The molecule has 2 rings (SSSR count). The van der Waals surface area contributed by atoms with Crippen LogP contribution in [0.25, 0.3) is 0 Å². The topological polar surface area (TPSA) is 18.5 Å². The number of hydrogen-bond acceptors (Lipinski definition) is 2. The zero-order chi connectivity index (χ0) is 9.73. The van der Waals surface area contributed by atoms with Crippen LogP contribution < -0.4 is 0 Å². The van der Waals surface area contributed by atoms with Gasteiger partial charge in [-0.05, 0) is 12.3 Å². The van der Waals surface area contributed by atoms with E-state index in [2.05, 4.69) is 6.92 Å². The van der Waals surface area contributed by atoms with Gasteiger partial charge in [-0.3, -0.25) is 0 Å². The molecule has 1 saturated carbocycles. The first-order chi connectivity index (χ1) is 6.35. The molecule has 1 unspecified atom stereocenters. The number of ether oxygens (including phenoxy) is 2. The molecule has 0 aromatic rings. The van der Waals surface area contributed by atoms with Crippen molar-refractivity contribution >= 4 is 0 Å². The van der Waals surface area contributed by atoms with Crippen LogP contribution in [0.3, 0.4) is 0 Å². The fourth-order valence-corrected chi connectivity index (χ4v) is 2.18. The van der Waals surface area contributed by atoms with Crippen molar-refractivity contribution in [2.75, 3.05) is 13.2 Å². The lowest BCUT2D eigenvalue weighted by Gasteiger charge is -2.21. The molecule has 0 bridgehead atoms. The predicted molar refractivity (Wildman–Crippen MR) is 53.6 cm³/mol. The first-order valence-corrected chi connectivity index (χ1v) is 5.62. The van der Waals surface area contributed by atoms with E-state index in [1.807, 2.05) is 13.8 Å². The second-order valence-electron chi connectivity index (χ2n) is 3.62. The molecule has 0 aromatic heterocycles. The average molecular weight is 186 g/mol. The molecule has 0 aromatic carbocycles. The summed E-state index contributed by atoms with van der Waals surface area (Å²) in [6.45, 7) is 7.85. The van der Waals surface area contributed by atoms with Crippen LogP contribution in [0, 0.1) is 5.92 Å². The molecule has 1 aliphatic carbocycles. The molecular formula is C11H22O2. The molecule has 13 heavy (non-hydrogen) atoms. The van der Waals surface area contributed by atoms with Crippen LogP contribution in [0.2, 0.25) is 0 Å². The quantitative estimate of drug-likeness (QED) is 0.627. The SMILES string of the molecule is CC.CCC1CCC2(C1)OCCO2. The summed E-state index contributed by atoms with van der Waals surface area (Å²) in [5.41, 5.74) is 0. The minimum atomic E-state index is -0.138. The Morgan fingerprint density at radius 1 is 1.23 bits per heavy atom. The minimum absolute atomic E-state index is 0.138. The van der Waals surface area contributed by atoms with Crippen molar-refractivity contribution in [3.8, 4) is 0 Å². The van der Waals surface area contributed by atoms with Gasteiger partial charge in [0.05, 0.1) is 13.2 Å². The van der Waals surface area contributed by atoms with Crippen LogP contribution in [0.15, 0.2) is 0 Å². The fourth-order valence-electron chi connectivity index (χ4n) is 2.18. The van der Waals surface area contributed by atoms with Crippen LogP contribution in [-0.2, 0) is 9.47 Å². The summed E-state index contributed by atoms with van der Waals surface area (Å²) in [5.74, 6) is 0.703. The molecule has 1 aliphatic heterocycles. The Labute approximate surface area is 81.6 Å². The lowest BCUT2D eigenvalue weighted by Crippen LogP contribution is -2.25. The normalized spacial score (nSPS) is 30.2. The molecule has 78 valence electrons. The Morgan fingerprint density at radius 3 is 2.31 bits per heavy atom. The van der Waals surface area contributed by atoms with Crippen LogP contribution >= 0.6 is 0 Å². The Hall–Kier alpha value is -0.0800. The minimum Gasteiger partial charge on any atom is -0.348 e. The molecule has 1 saturated heterocycles. The second kappa shape index (κ2) is 4.97. The van der Waals surface area contributed by atoms with Crippen molar-refractivity contribution in [3.63, 3.8) is 0 Å². The van der Waals surface area contributed by atoms with Crippen LogP contribution in [-0.4, -0.2) is 19.0 Å². The highest BCUT2D eigenvalue weighted by Gasteiger charge is 2.43. The average Bonchev–Trinajstić information content (AvgIpc) is 2.81. The van der Waals surface area contributed by atoms with Crippen molar-refractivity contribution in [1.29, 1.82) is 0 Å². The lowest BCUT2D eigenvalue weighted by molar-refractivity contribution is -0.152. The van der Waals surface area contributed by atoms with Gasteiger partial charge in [-0.15, -0.1) is 0 Å². The van der Waals surface area contributed by atoms with Gasteiger partial charge in [-0.2, -0.15) is 0 Å². The maximum atomic E-state index is 5.61. The largest absolute Gasteiger partial charge is 0.348 e. The summed E-state index contributed by atoms with van der Waals surface area (Å²) < 4.78 is 11.2. The standard InChI is InChI=1S/C9H16O2.C2H6/c1-2-8-3-4-9(7-8)10-5-6-11-9;1-2/h8H,2-7H2,1H3;1-2H3. The van der Waals surface area contributed by atoms with Gasteiger partial charge in [-0.1, -0.05) is 27.2 Å². The Balaban J connectivity index is 0.000000396. The van der Waals surface area contributed by atoms with E-state index in [0.29, 0.717) is 0 Å². The van der Waals surface area contributed by atoms with E-state index in [4.69, 9.17) is 9.47 Å². The van der Waals surface area contributed by atoms with E-state index >= 15 is 0 Å². The van der Waals surface area contributed by atoms with Gasteiger partial charge < -0.3 is 9.47 Å². The highest BCUT2D eigenvalue weighted by atomic mass is 16.7. The van der Waals surface area contributed by atoms with Gasteiger partial charge in [0.1, 0.15) is 0 Å². The summed E-state index contributed by atoms with van der Waals surface area (Å²) >= 11 is 0. The zero-order valence-corrected chi connectivity index (χ0v) is 9.14. The first kappa shape index (κ1) is 11.0. The van der Waals surface area contributed by atoms with Gasteiger partial charge in [0, 0.05) is 12.8 Å². The van der Waals surface area contributed by atoms with Gasteiger partial charge in [0.15, 0.2) is 5.79 Å². The fraction of sp³-hybridized carbons (Fsp3) is 1.00. The molecule has 1 heterocycles. The molecule has 1 atom stereocenters.